The van der Waals surface area contributed by atoms with E-state index in [-0.39, 0.29) is 5.91 Å². The summed E-state index contributed by atoms with van der Waals surface area (Å²) >= 11 is 0. The molecule has 166 valence electrons. The van der Waals surface area contributed by atoms with E-state index >= 15 is 0 Å². The predicted molar refractivity (Wildman–Crippen MR) is 120 cm³/mol. The fourth-order valence-electron chi connectivity index (χ4n) is 4.36. The lowest BCUT2D eigenvalue weighted by Crippen LogP contribution is -3.28. The molecule has 0 aromatic heterocycles. The smallest absolute Gasteiger partial charge is 0.275 e. The molecule has 2 heterocycles. The molecule has 0 saturated carbocycles. The fourth-order valence-corrected chi connectivity index (χ4v) is 4.36. The van der Waals surface area contributed by atoms with Crippen LogP contribution in [0.2, 0.25) is 0 Å². The van der Waals surface area contributed by atoms with Gasteiger partial charge in [-0.3, -0.25) is 4.79 Å². The van der Waals surface area contributed by atoms with Crippen LogP contribution in [-0.4, -0.2) is 52.0 Å². The number of ether oxygens (including phenoxy) is 2. The maximum atomic E-state index is 12.4. The standard InChI is InChI=1S/C25H33N3O3/c1-19(2)22-6-3-20(4-7-22)9-10-26-25(29)17-28-13-11-27(12-14-28)16-21-5-8-23-24(15-21)31-18-30-23/h3-8,15,19H,9-14,16-18H2,1-2H3,(H,26,29)/p+2. The second-order valence-corrected chi connectivity index (χ2v) is 9.04. The Morgan fingerprint density at radius 1 is 0.935 bits per heavy atom. The van der Waals surface area contributed by atoms with Crippen molar-refractivity contribution in [1.29, 1.82) is 0 Å². The SMILES string of the molecule is CC(C)c1ccc(CCNC(=O)C[NH+]2CC[NH+](Cc3ccc4c(c3)OCO4)CC2)cc1. The number of piperazine rings is 1. The number of hydrogen-bond donors (Lipinski definition) is 3. The first-order valence-electron chi connectivity index (χ1n) is 11.5. The second-order valence-electron chi connectivity index (χ2n) is 9.04. The van der Waals surface area contributed by atoms with Gasteiger partial charge in [-0.2, -0.15) is 0 Å². The van der Waals surface area contributed by atoms with Crippen LogP contribution in [0.5, 0.6) is 11.5 Å². The Hall–Kier alpha value is -2.57. The lowest BCUT2D eigenvalue weighted by atomic mass is 10.0. The zero-order chi connectivity index (χ0) is 21.6. The number of benzene rings is 2. The Labute approximate surface area is 185 Å². The quantitative estimate of drug-likeness (QED) is 0.566. The van der Waals surface area contributed by atoms with E-state index in [9.17, 15) is 4.79 Å². The summed E-state index contributed by atoms with van der Waals surface area (Å²) in [6.45, 7) is 11.2. The van der Waals surface area contributed by atoms with Gasteiger partial charge in [0.05, 0.1) is 0 Å². The monoisotopic (exact) mass is 425 g/mol. The fraction of sp³-hybridized carbons (Fsp3) is 0.480. The molecule has 31 heavy (non-hydrogen) atoms. The van der Waals surface area contributed by atoms with Crippen molar-refractivity contribution in [3.8, 4) is 11.5 Å². The average molecular weight is 426 g/mol. The number of carbonyl (C=O) groups is 1. The summed E-state index contributed by atoms with van der Waals surface area (Å²) in [6.07, 6.45) is 0.882. The van der Waals surface area contributed by atoms with Gasteiger partial charge in [-0.15, -0.1) is 0 Å². The van der Waals surface area contributed by atoms with E-state index < -0.39 is 0 Å². The highest BCUT2D eigenvalue weighted by atomic mass is 16.7. The van der Waals surface area contributed by atoms with Crippen LogP contribution >= 0.6 is 0 Å². The molecule has 0 atom stereocenters. The number of fused-ring (bicyclic) bond motifs is 1. The molecule has 2 aromatic rings. The van der Waals surface area contributed by atoms with Gasteiger partial charge in [-0.1, -0.05) is 38.1 Å². The molecule has 0 aliphatic carbocycles. The first-order chi connectivity index (χ1) is 15.1. The number of rotatable bonds is 8. The number of carbonyl (C=O) groups excluding carboxylic acids is 1. The number of quaternary nitrogens is 2. The van der Waals surface area contributed by atoms with Crippen molar-refractivity contribution in [2.75, 3.05) is 46.1 Å². The van der Waals surface area contributed by atoms with E-state index in [1.54, 1.807) is 4.90 Å². The summed E-state index contributed by atoms with van der Waals surface area (Å²) in [5, 5.41) is 3.10. The lowest BCUT2D eigenvalue weighted by molar-refractivity contribution is -1.02. The van der Waals surface area contributed by atoms with Gasteiger partial charge in [-0.25, -0.2) is 0 Å². The zero-order valence-electron chi connectivity index (χ0n) is 18.7. The third-order valence-corrected chi connectivity index (χ3v) is 6.35. The molecule has 2 aromatic carbocycles. The van der Waals surface area contributed by atoms with Crippen LogP contribution in [0.3, 0.4) is 0 Å². The van der Waals surface area contributed by atoms with Crippen LogP contribution in [0.15, 0.2) is 42.5 Å². The van der Waals surface area contributed by atoms with Gasteiger partial charge in [0.25, 0.3) is 5.91 Å². The first kappa shape index (κ1) is 21.7. The van der Waals surface area contributed by atoms with Crippen LogP contribution in [0, 0.1) is 0 Å². The van der Waals surface area contributed by atoms with Gasteiger partial charge in [-0.05, 0) is 41.7 Å². The lowest BCUT2D eigenvalue weighted by Gasteiger charge is -2.29. The zero-order valence-corrected chi connectivity index (χ0v) is 18.7. The minimum Gasteiger partial charge on any atom is -0.454 e. The van der Waals surface area contributed by atoms with Crippen molar-refractivity contribution in [2.24, 2.45) is 0 Å². The highest BCUT2D eigenvalue weighted by Crippen LogP contribution is 2.32. The number of hydrogen-bond acceptors (Lipinski definition) is 3. The van der Waals surface area contributed by atoms with E-state index in [0.29, 0.717) is 25.8 Å². The Bertz CT molecular complexity index is 874. The van der Waals surface area contributed by atoms with Gasteiger partial charge < -0.3 is 24.6 Å². The topological polar surface area (TPSA) is 56.4 Å². The van der Waals surface area contributed by atoms with Crippen LogP contribution in [0.25, 0.3) is 0 Å². The largest absolute Gasteiger partial charge is 0.454 e. The molecule has 6 nitrogen and oxygen atoms in total. The van der Waals surface area contributed by atoms with Gasteiger partial charge in [0.2, 0.25) is 6.79 Å². The van der Waals surface area contributed by atoms with Crippen LogP contribution in [-0.2, 0) is 17.8 Å². The molecule has 4 rings (SSSR count). The molecule has 0 radical (unpaired) electrons. The van der Waals surface area contributed by atoms with Gasteiger partial charge in [0.15, 0.2) is 18.0 Å². The van der Waals surface area contributed by atoms with E-state index in [2.05, 4.69) is 55.6 Å². The van der Waals surface area contributed by atoms with Crippen LogP contribution in [0.4, 0.5) is 0 Å². The van der Waals surface area contributed by atoms with E-state index in [1.807, 2.05) is 6.07 Å². The molecular formula is C25H35N3O3+2. The molecule has 0 bridgehead atoms. The molecule has 1 saturated heterocycles. The summed E-state index contributed by atoms with van der Waals surface area (Å²) in [5.41, 5.74) is 3.91. The average Bonchev–Trinajstić information content (AvgIpc) is 3.23. The maximum Gasteiger partial charge on any atom is 0.275 e. The molecule has 3 N–H and O–H groups in total. The van der Waals surface area contributed by atoms with E-state index in [4.69, 9.17) is 9.47 Å². The van der Waals surface area contributed by atoms with Crippen molar-refractivity contribution in [2.45, 2.75) is 32.7 Å². The van der Waals surface area contributed by atoms with Gasteiger partial charge in [0, 0.05) is 12.1 Å². The summed E-state index contributed by atoms with van der Waals surface area (Å²) in [7, 11) is 0. The van der Waals surface area contributed by atoms with Crippen molar-refractivity contribution >= 4 is 5.91 Å². The van der Waals surface area contributed by atoms with E-state index in [1.165, 1.54) is 21.6 Å². The summed E-state index contributed by atoms with van der Waals surface area (Å²) in [5.74, 6) is 2.41. The van der Waals surface area contributed by atoms with Crippen LogP contribution < -0.4 is 24.6 Å². The molecule has 0 spiro atoms. The minimum atomic E-state index is 0.160. The van der Waals surface area contributed by atoms with Crippen LogP contribution in [0.1, 0.15) is 36.5 Å². The molecule has 1 amide bonds. The maximum absolute atomic E-state index is 12.4. The Kier molecular flexibility index (Phi) is 7.10. The number of amides is 1. The molecule has 6 heteroatoms. The molecule has 2 aliphatic rings. The summed E-state index contributed by atoms with van der Waals surface area (Å²) in [6, 6.07) is 15.0. The van der Waals surface area contributed by atoms with Crippen molar-refractivity contribution < 1.29 is 24.1 Å². The summed E-state index contributed by atoms with van der Waals surface area (Å²) in [4.78, 5) is 15.3. The normalized spacial score (nSPS) is 20.1. The molecule has 0 unspecified atom stereocenters. The Morgan fingerprint density at radius 3 is 2.35 bits per heavy atom. The second kappa shape index (κ2) is 10.2. The highest BCUT2D eigenvalue weighted by Gasteiger charge is 2.25. The third kappa shape index (κ3) is 5.99. The summed E-state index contributed by atoms with van der Waals surface area (Å²) < 4.78 is 10.9. The van der Waals surface area contributed by atoms with Gasteiger partial charge in [0.1, 0.15) is 32.7 Å². The Balaban J connectivity index is 1.14. The predicted octanol–water partition coefficient (Wildman–Crippen LogP) is 0.181. The molecule has 2 aliphatic heterocycles. The first-order valence-corrected chi connectivity index (χ1v) is 11.5. The van der Waals surface area contributed by atoms with Gasteiger partial charge >= 0.3 is 0 Å². The third-order valence-electron chi connectivity index (χ3n) is 6.35. The molecular weight excluding hydrogens is 390 g/mol. The highest BCUT2D eigenvalue weighted by molar-refractivity contribution is 5.76. The van der Waals surface area contributed by atoms with Crippen molar-refractivity contribution in [1.82, 2.24) is 5.32 Å². The number of nitrogens with one attached hydrogen (secondary N) is 3. The molecule has 1 fully saturated rings. The minimum absolute atomic E-state index is 0.160. The van der Waals surface area contributed by atoms with Crippen molar-refractivity contribution in [3.63, 3.8) is 0 Å². The van der Waals surface area contributed by atoms with E-state index in [0.717, 1.165) is 50.6 Å². The van der Waals surface area contributed by atoms with Crippen molar-refractivity contribution in [3.05, 3.63) is 59.2 Å². The Morgan fingerprint density at radius 2 is 1.61 bits per heavy atom.